The van der Waals surface area contributed by atoms with E-state index in [4.69, 9.17) is 9.47 Å². The van der Waals surface area contributed by atoms with Gasteiger partial charge >= 0.3 is 12.1 Å². The van der Waals surface area contributed by atoms with Gasteiger partial charge in [-0.15, -0.1) is 5.10 Å². The number of carbonyl (C=O) groups is 2. The molecule has 8 nitrogen and oxygen atoms in total. The molecule has 0 radical (unpaired) electrons. The lowest BCUT2D eigenvalue weighted by molar-refractivity contribution is -0.143. The van der Waals surface area contributed by atoms with Crippen LogP contribution in [0, 0.1) is 12.8 Å². The van der Waals surface area contributed by atoms with Crippen molar-refractivity contribution in [3.05, 3.63) is 59.8 Å². The fourth-order valence-electron chi connectivity index (χ4n) is 3.82. The topological polar surface area (TPSA) is 95.3 Å². The van der Waals surface area contributed by atoms with Gasteiger partial charge in [0.1, 0.15) is 11.8 Å². The van der Waals surface area contributed by atoms with Crippen LogP contribution >= 0.6 is 0 Å². The van der Waals surface area contributed by atoms with Gasteiger partial charge in [-0.3, -0.25) is 10.1 Å². The number of methoxy groups -OCH3 is 1. The third-order valence-electron chi connectivity index (χ3n) is 6.50. The highest BCUT2D eigenvalue weighted by atomic mass is 16.6. The van der Waals surface area contributed by atoms with Crippen molar-refractivity contribution in [2.24, 2.45) is 5.92 Å². The van der Waals surface area contributed by atoms with E-state index in [0.29, 0.717) is 11.5 Å². The fraction of sp³-hybridized carbons (Fsp3) is 0.385. The molecule has 1 amide bonds. The molecule has 1 fully saturated rings. The van der Waals surface area contributed by atoms with Crippen molar-refractivity contribution in [1.29, 1.82) is 0 Å². The van der Waals surface area contributed by atoms with E-state index in [1.54, 1.807) is 11.6 Å². The van der Waals surface area contributed by atoms with E-state index in [-0.39, 0.29) is 18.0 Å². The molecule has 34 heavy (non-hydrogen) atoms. The van der Waals surface area contributed by atoms with Crippen LogP contribution in [0.1, 0.15) is 44.9 Å². The molecular weight excluding hydrogens is 432 g/mol. The molecule has 1 N–H and O–H groups in total. The molecule has 1 aliphatic carbocycles. The summed E-state index contributed by atoms with van der Waals surface area (Å²) < 4.78 is 12.0. The van der Waals surface area contributed by atoms with Crippen molar-refractivity contribution in [2.75, 3.05) is 12.4 Å². The maximum Gasteiger partial charge on any atom is 0.413 e. The van der Waals surface area contributed by atoms with E-state index < -0.39 is 11.5 Å². The second-order valence-electron chi connectivity index (χ2n) is 9.11. The third-order valence-corrected chi connectivity index (χ3v) is 6.50. The summed E-state index contributed by atoms with van der Waals surface area (Å²) in [5, 5.41) is 11.1. The summed E-state index contributed by atoms with van der Waals surface area (Å²) in [5.74, 6) is 0.516. The SMILES string of the molecule is COC(=O)C1(c2ccc(-c3ccc(-n4nnc(C)c4NC(=O)O[C@H](C)C(C)C)cc3)cc2)CC1. The first-order valence-electron chi connectivity index (χ1n) is 11.4. The van der Waals surface area contributed by atoms with Crippen LogP contribution in [0.2, 0.25) is 0 Å². The second kappa shape index (κ2) is 9.29. The van der Waals surface area contributed by atoms with E-state index in [9.17, 15) is 9.59 Å². The molecule has 0 aliphatic heterocycles. The smallest absolute Gasteiger partial charge is 0.413 e. The number of rotatable bonds is 7. The van der Waals surface area contributed by atoms with Crippen molar-refractivity contribution < 1.29 is 19.1 Å². The van der Waals surface area contributed by atoms with Crippen molar-refractivity contribution in [3.63, 3.8) is 0 Å². The Morgan fingerprint density at radius 3 is 2.12 bits per heavy atom. The Morgan fingerprint density at radius 1 is 1.00 bits per heavy atom. The van der Waals surface area contributed by atoms with Gasteiger partial charge in [-0.05, 0) is 61.4 Å². The number of benzene rings is 2. The highest BCUT2D eigenvalue weighted by molar-refractivity contribution is 5.87. The average molecular weight is 463 g/mol. The van der Waals surface area contributed by atoms with Crippen molar-refractivity contribution in [3.8, 4) is 16.8 Å². The molecule has 4 rings (SSSR count). The second-order valence-corrected chi connectivity index (χ2v) is 9.11. The quantitative estimate of drug-likeness (QED) is 0.494. The van der Waals surface area contributed by atoms with Gasteiger partial charge in [0.15, 0.2) is 5.82 Å². The Labute approximate surface area is 199 Å². The lowest BCUT2D eigenvalue weighted by atomic mass is 9.94. The van der Waals surface area contributed by atoms with Gasteiger partial charge in [-0.2, -0.15) is 4.68 Å². The zero-order valence-corrected chi connectivity index (χ0v) is 20.2. The summed E-state index contributed by atoms with van der Waals surface area (Å²) >= 11 is 0. The van der Waals surface area contributed by atoms with Crippen LogP contribution in [0.25, 0.3) is 16.8 Å². The minimum atomic E-state index is -0.537. The van der Waals surface area contributed by atoms with Crippen LogP contribution in [-0.4, -0.2) is 40.3 Å². The van der Waals surface area contributed by atoms with Gasteiger partial charge in [-0.25, -0.2) is 4.79 Å². The summed E-state index contributed by atoms with van der Waals surface area (Å²) in [6, 6.07) is 15.8. The van der Waals surface area contributed by atoms with Gasteiger partial charge in [0.25, 0.3) is 0 Å². The first-order chi connectivity index (χ1) is 16.2. The normalized spacial score (nSPS) is 15.0. The van der Waals surface area contributed by atoms with Crippen LogP contribution in [0.5, 0.6) is 0 Å². The predicted octanol–water partition coefficient (Wildman–Crippen LogP) is 5.04. The minimum absolute atomic E-state index is 0.167. The highest BCUT2D eigenvalue weighted by Crippen LogP contribution is 2.49. The summed E-state index contributed by atoms with van der Waals surface area (Å²) in [6.07, 6.45) is 0.902. The summed E-state index contributed by atoms with van der Waals surface area (Å²) in [7, 11) is 1.44. The maximum absolute atomic E-state index is 12.3. The van der Waals surface area contributed by atoms with Gasteiger partial charge in [0.2, 0.25) is 0 Å². The lowest BCUT2D eigenvalue weighted by Gasteiger charge is -2.17. The number of hydrogen-bond donors (Lipinski definition) is 1. The Hall–Kier alpha value is -3.68. The number of carbonyl (C=O) groups excluding carboxylic acids is 2. The number of nitrogens with zero attached hydrogens (tertiary/aromatic N) is 3. The summed E-state index contributed by atoms with van der Waals surface area (Å²) in [5.41, 5.74) is 3.93. The number of anilines is 1. The molecule has 0 bridgehead atoms. The van der Waals surface area contributed by atoms with E-state index >= 15 is 0 Å². The van der Waals surface area contributed by atoms with Crippen LogP contribution < -0.4 is 5.32 Å². The van der Waals surface area contributed by atoms with Crippen LogP contribution in [-0.2, 0) is 19.7 Å². The molecule has 178 valence electrons. The average Bonchev–Trinajstić information content (AvgIpc) is 3.58. The van der Waals surface area contributed by atoms with Gasteiger partial charge in [0, 0.05) is 0 Å². The monoisotopic (exact) mass is 462 g/mol. The lowest BCUT2D eigenvalue weighted by Crippen LogP contribution is -2.25. The number of nitrogens with one attached hydrogen (secondary N) is 1. The largest absolute Gasteiger partial charge is 0.468 e. The standard InChI is InChI=1S/C26H30N4O4/c1-16(2)18(4)34-25(32)27-23-17(3)28-29-30(23)22-12-8-20(9-13-22)19-6-10-21(11-7-19)26(14-15-26)24(31)33-5/h6-13,16,18H,14-15H2,1-5H3,(H,27,32)/t18-/m1/s1. The highest BCUT2D eigenvalue weighted by Gasteiger charge is 2.52. The fourth-order valence-corrected chi connectivity index (χ4v) is 3.82. The first kappa shape index (κ1) is 23.5. The molecular formula is C26H30N4O4. The summed E-state index contributed by atoms with van der Waals surface area (Å²) in [4.78, 5) is 24.5. The van der Waals surface area contributed by atoms with E-state index in [1.807, 2.05) is 69.3 Å². The molecule has 1 aliphatic rings. The summed E-state index contributed by atoms with van der Waals surface area (Å²) in [6.45, 7) is 7.63. The molecule has 1 aromatic heterocycles. The van der Waals surface area contributed by atoms with Gasteiger partial charge < -0.3 is 9.47 Å². The number of amides is 1. The predicted molar refractivity (Wildman–Crippen MR) is 129 cm³/mol. The number of ether oxygens (including phenoxy) is 2. The Bertz CT molecular complexity index is 1180. The molecule has 1 saturated carbocycles. The molecule has 0 spiro atoms. The van der Waals surface area contributed by atoms with Crippen LogP contribution in [0.15, 0.2) is 48.5 Å². The number of hydrogen-bond acceptors (Lipinski definition) is 6. The van der Waals surface area contributed by atoms with Crippen molar-refractivity contribution >= 4 is 17.9 Å². The van der Waals surface area contributed by atoms with Crippen molar-refractivity contribution in [2.45, 2.75) is 52.1 Å². The van der Waals surface area contributed by atoms with Crippen LogP contribution in [0.3, 0.4) is 0 Å². The molecule has 2 aromatic carbocycles. The first-order valence-corrected chi connectivity index (χ1v) is 11.4. The maximum atomic E-state index is 12.3. The number of aromatic nitrogens is 3. The number of aryl methyl sites for hydroxylation is 1. The van der Waals surface area contributed by atoms with Gasteiger partial charge in [0.05, 0.1) is 18.2 Å². The zero-order chi connectivity index (χ0) is 24.5. The minimum Gasteiger partial charge on any atom is -0.468 e. The molecule has 0 unspecified atom stereocenters. The Morgan fingerprint density at radius 2 is 1.59 bits per heavy atom. The number of esters is 1. The van der Waals surface area contributed by atoms with Gasteiger partial charge in [-0.1, -0.05) is 55.5 Å². The third kappa shape index (κ3) is 4.53. The molecule has 0 saturated heterocycles. The molecule has 8 heteroatoms. The molecule has 1 heterocycles. The Kier molecular flexibility index (Phi) is 6.41. The zero-order valence-electron chi connectivity index (χ0n) is 20.2. The Balaban J connectivity index is 1.51. The van der Waals surface area contributed by atoms with E-state index in [2.05, 4.69) is 15.6 Å². The molecule has 3 aromatic rings. The van der Waals surface area contributed by atoms with E-state index in [1.165, 1.54) is 7.11 Å². The van der Waals surface area contributed by atoms with Crippen LogP contribution in [0.4, 0.5) is 10.6 Å². The molecule has 1 atom stereocenters. The van der Waals surface area contributed by atoms with Crippen molar-refractivity contribution in [1.82, 2.24) is 15.0 Å². The van der Waals surface area contributed by atoms with E-state index in [0.717, 1.165) is 35.2 Å².